The maximum Gasteiger partial charge on any atom is 0.255 e. The fourth-order valence-corrected chi connectivity index (χ4v) is 4.36. The number of ether oxygens (including phenoxy) is 1. The lowest BCUT2D eigenvalue weighted by molar-refractivity contribution is 0.406. The Bertz CT molecular complexity index is 1430. The quantitative estimate of drug-likeness (QED) is 0.514. The summed E-state index contributed by atoms with van der Waals surface area (Å²) in [5.74, 6) is 0.608. The summed E-state index contributed by atoms with van der Waals surface area (Å²) < 4.78 is 30.9. The monoisotopic (exact) mass is 461 g/mol. The van der Waals surface area contributed by atoms with Gasteiger partial charge in [0.2, 0.25) is 10.0 Å². The Kier molecular flexibility index (Phi) is 5.83. The molecule has 8 heteroatoms. The molecule has 0 aliphatic heterocycles. The molecule has 1 heterocycles. The Morgan fingerprint density at radius 1 is 1.15 bits per heavy atom. The first-order chi connectivity index (χ1) is 15.7. The van der Waals surface area contributed by atoms with Gasteiger partial charge in [-0.3, -0.25) is 9.52 Å². The predicted molar refractivity (Wildman–Crippen MR) is 129 cm³/mol. The minimum Gasteiger partial charge on any atom is -0.496 e. The highest BCUT2D eigenvalue weighted by atomic mass is 32.2. The van der Waals surface area contributed by atoms with Crippen LogP contribution in [0.4, 0.5) is 5.69 Å². The molecule has 0 unspecified atom stereocenters. The van der Waals surface area contributed by atoms with Gasteiger partial charge in [0.15, 0.2) is 0 Å². The van der Waals surface area contributed by atoms with Crippen LogP contribution in [-0.2, 0) is 15.4 Å². The minimum absolute atomic E-state index is 0.209. The zero-order valence-electron chi connectivity index (χ0n) is 18.3. The highest BCUT2D eigenvalue weighted by Gasteiger charge is 2.47. The normalized spacial score (nSPS) is 14.6. The van der Waals surface area contributed by atoms with Crippen molar-refractivity contribution in [1.82, 2.24) is 4.98 Å². The summed E-state index contributed by atoms with van der Waals surface area (Å²) in [6.45, 7) is 0. The van der Waals surface area contributed by atoms with Gasteiger partial charge in [-0.2, -0.15) is 5.26 Å². The van der Waals surface area contributed by atoms with Crippen molar-refractivity contribution in [2.45, 2.75) is 18.3 Å². The molecule has 1 fully saturated rings. The van der Waals surface area contributed by atoms with Gasteiger partial charge in [-0.1, -0.05) is 24.3 Å². The lowest BCUT2D eigenvalue weighted by Crippen LogP contribution is -2.10. The molecule has 0 radical (unpaired) electrons. The van der Waals surface area contributed by atoms with Crippen LogP contribution in [0, 0.1) is 11.3 Å². The van der Waals surface area contributed by atoms with Crippen molar-refractivity contribution in [1.29, 1.82) is 5.26 Å². The number of sulfonamides is 1. The van der Waals surface area contributed by atoms with E-state index in [4.69, 9.17) is 4.74 Å². The maximum absolute atomic E-state index is 12.4. The molecule has 4 rings (SSSR count). The molecule has 2 aromatic carbocycles. The van der Waals surface area contributed by atoms with Crippen LogP contribution in [0.1, 0.15) is 29.5 Å². The number of H-pyrrole nitrogens is 1. The number of rotatable bonds is 7. The zero-order valence-corrected chi connectivity index (χ0v) is 19.1. The molecule has 0 atom stereocenters. The van der Waals surface area contributed by atoms with E-state index in [2.05, 4.69) is 15.8 Å². The summed E-state index contributed by atoms with van der Waals surface area (Å²) in [5, 5.41) is 9.81. The third kappa shape index (κ3) is 4.83. The first-order valence-corrected chi connectivity index (χ1v) is 12.2. The summed E-state index contributed by atoms with van der Waals surface area (Å²) in [5.41, 5.74) is 3.26. The first kappa shape index (κ1) is 22.4. The lowest BCUT2D eigenvalue weighted by Gasteiger charge is -2.17. The fourth-order valence-electron chi connectivity index (χ4n) is 3.79. The van der Waals surface area contributed by atoms with Crippen LogP contribution in [-0.4, -0.2) is 26.8 Å². The van der Waals surface area contributed by atoms with Gasteiger partial charge in [0.1, 0.15) is 5.75 Å². The van der Waals surface area contributed by atoms with Crippen molar-refractivity contribution in [2.75, 3.05) is 18.1 Å². The van der Waals surface area contributed by atoms with Crippen molar-refractivity contribution >= 4 is 27.9 Å². The number of benzene rings is 2. The third-order valence-electron chi connectivity index (χ3n) is 5.60. The van der Waals surface area contributed by atoms with Gasteiger partial charge < -0.3 is 9.72 Å². The number of methoxy groups -OCH3 is 1. The number of pyridine rings is 1. The van der Waals surface area contributed by atoms with E-state index in [0.29, 0.717) is 22.6 Å². The standard InChI is InChI=1S/C25H23N3O4S/c1-32-23-18(8-5-17-6-9-20(10-7-17)28-33(2,30)31)14-19(21-4-3-13-27-24(21)29)15-22(23)25(16-26)11-12-25/h3-10,13-15,28H,11-12H2,1-2H3,(H,27,29)/b8-5+. The molecule has 7 nitrogen and oxygen atoms in total. The zero-order chi connectivity index (χ0) is 23.6. The molecule has 1 aromatic heterocycles. The van der Waals surface area contributed by atoms with Gasteiger partial charge in [0, 0.05) is 28.6 Å². The van der Waals surface area contributed by atoms with E-state index >= 15 is 0 Å². The lowest BCUT2D eigenvalue weighted by atomic mass is 9.90. The first-order valence-electron chi connectivity index (χ1n) is 10.3. The number of aromatic amines is 1. The molecule has 33 heavy (non-hydrogen) atoms. The van der Waals surface area contributed by atoms with Gasteiger partial charge in [-0.05, 0) is 60.4 Å². The van der Waals surface area contributed by atoms with Crippen molar-refractivity contribution in [2.24, 2.45) is 0 Å². The Balaban J connectivity index is 1.78. The highest BCUT2D eigenvalue weighted by Crippen LogP contribution is 2.52. The molecular formula is C25H23N3O4S. The summed E-state index contributed by atoms with van der Waals surface area (Å²) >= 11 is 0. The molecule has 3 aromatic rings. The number of anilines is 1. The van der Waals surface area contributed by atoms with Gasteiger partial charge in [0.05, 0.1) is 24.8 Å². The molecule has 1 aliphatic rings. The van der Waals surface area contributed by atoms with Crippen LogP contribution in [0.3, 0.4) is 0 Å². The molecule has 0 saturated heterocycles. The summed E-state index contributed by atoms with van der Waals surface area (Å²) in [7, 11) is -1.77. The van der Waals surface area contributed by atoms with Crippen molar-refractivity contribution in [3.8, 4) is 22.9 Å². The number of hydrogen-bond acceptors (Lipinski definition) is 5. The van der Waals surface area contributed by atoms with E-state index in [0.717, 1.165) is 35.8 Å². The molecular weight excluding hydrogens is 438 g/mol. The van der Waals surface area contributed by atoms with Crippen LogP contribution >= 0.6 is 0 Å². The molecule has 0 amide bonds. The molecule has 168 valence electrons. The van der Waals surface area contributed by atoms with E-state index in [1.807, 2.05) is 24.3 Å². The Labute approximate surface area is 192 Å². The van der Waals surface area contributed by atoms with E-state index in [1.165, 1.54) is 0 Å². The van der Waals surface area contributed by atoms with Gasteiger partial charge in [-0.15, -0.1) is 0 Å². The topological polar surface area (TPSA) is 112 Å². The van der Waals surface area contributed by atoms with Crippen LogP contribution in [0.2, 0.25) is 0 Å². The number of nitrogens with one attached hydrogen (secondary N) is 2. The number of nitrogens with zero attached hydrogens (tertiary/aromatic N) is 1. The Morgan fingerprint density at radius 2 is 1.88 bits per heavy atom. The van der Waals surface area contributed by atoms with Crippen molar-refractivity contribution < 1.29 is 13.2 Å². The van der Waals surface area contributed by atoms with Crippen molar-refractivity contribution in [3.63, 3.8) is 0 Å². The van der Waals surface area contributed by atoms with Crippen LogP contribution < -0.4 is 15.0 Å². The second-order valence-corrected chi connectivity index (χ2v) is 9.83. The molecule has 1 aliphatic carbocycles. The van der Waals surface area contributed by atoms with E-state index in [9.17, 15) is 18.5 Å². The highest BCUT2D eigenvalue weighted by molar-refractivity contribution is 7.92. The smallest absolute Gasteiger partial charge is 0.255 e. The van der Waals surface area contributed by atoms with Gasteiger partial charge in [0.25, 0.3) is 5.56 Å². The third-order valence-corrected chi connectivity index (χ3v) is 6.21. The van der Waals surface area contributed by atoms with Crippen molar-refractivity contribution in [3.05, 3.63) is 81.8 Å². The van der Waals surface area contributed by atoms with Crippen LogP contribution in [0.5, 0.6) is 5.75 Å². The molecule has 0 spiro atoms. The average molecular weight is 462 g/mol. The number of hydrogen-bond donors (Lipinski definition) is 2. The van der Waals surface area contributed by atoms with E-state index < -0.39 is 15.4 Å². The maximum atomic E-state index is 12.4. The second kappa shape index (κ2) is 8.60. The SMILES string of the molecule is COc1c(/C=C/c2ccc(NS(C)(=O)=O)cc2)cc(-c2ccc[nH]c2=O)cc1C1(C#N)CC1. The second-order valence-electron chi connectivity index (χ2n) is 8.08. The van der Waals surface area contributed by atoms with Gasteiger partial charge in [-0.25, -0.2) is 8.42 Å². The molecule has 0 bridgehead atoms. The van der Waals surface area contributed by atoms with E-state index in [-0.39, 0.29) is 5.56 Å². The fraction of sp³-hybridized carbons (Fsp3) is 0.200. The number of nitriles is 1. The predicted octanol–water partition coefficient (Wildman–Crippen LogP) is 4.15. The largest absolute Gasteiger partial charge is 0.496 e. The van der Waals surface area contributed by atoms with Crippen LogP contribution in [0.25, 0.3) is 23.3 Å². The summed E-state index contributed by atoms with van der Waals surface area (Å²) in [6.07, 6.45) is 7.91. The Morgan fingerprint density at radius 3 is 2.45 bits per heavy atom. The van der Waals surface area contributed by atoms with Crippen LogP contribution in [0.15, 0.2) is 59.5 Å². The van der Waals surface area contributed by atoms with E-state index in [1.54, 1.807) is 49.7 Å². The minimum atomic E-state index is -3.34. The molecule has 1 saturated carbocycles. The average Bonchev–Trinajstić information content (AvgIpc) is 3.58. The van der Waals surface area contributed by atoms with Gasteiger partial charge >= 0.3 is 0 Å². The Hall–Kier alpha value is -3.83. The summed E-state index contributed by atoms with van der Waals surface area (Å²) in [4.78, 5) is 15.1. The number of aromatic nitrogens is 1. The molecule has 2 N–H and O–H groups in total. The summed E-state index contributed by atoms with van der Waals surface area (Å²) in [6, 6.07) is 16.6.